The highest BCUT2D eigenvalue weighted by molar-refractivity contribution is 5.82. The summed E-state index contributed by atoms with van der Waals surface area (Å²) in [5.74, 6) is 0.814. The van der Waals surface area contributed by atoms with E-state index in [-0.39, 0.29) is 0 Å². The van der Waals surface area contributed by atoms with Gasteiger partial charge in [-0.15, -0.1) is 5.10 Å². The number of rotatable bonds is 9. The van der Waals surface area contributed by atoms with Crippen molar-refractivity contribution in [2.45, 2.75) is 54.4 Å². The summed E-state index contributed by atoms with van der Waals surface area (Å²) >= 11 is 0. The van der Waals surface area contributed by atoms with Crippen LogP contribution in [0.25, 0.3) is 28.8 Å². The van der Waals surface area contributed by atoms with Gasteiger partial charge in [0.25, 0.3) is 0 Å². The number of nitrogens with one attached hydrogen (secondary N) is 3. The molecule has 0 spiro atoms. The quantitative estimate of drug-likeness (QED) is 0.274. The van der Waals surface area contributed by atoms with E-state index in [0.717, 1.165) is 57.2 Å². The number of fused-ring (bicyclic) bond motifs is 1. The molecule has 1 amide bonds. The minimum Gasteiger partial charge on any atom is -0.338 e. The number of anilines is 2. The van der Waals surface area contributed by atoms with Crippen LogP contribution in [-0.2, 0) is 4.79 Å². The van der Waals surface area contributed by atoms with Gasteiger partial charge in [0.15, 0.2) is 5.82 Å². The zero-order valence-corrected chi connectivity index (χ0v) is 22.2. The molecule has 0 saturated heterocycles. The molecule has 0 aliphatic heterocycles. The van der Waals surface area contributed by atoms with E-state index >= 15 is 0 Å². The van der Waals surface area contributed by atoms with E-state index in [9.17, 15) is 4.79 Å². The topological polar surface area (TPSA) is 87.6 Å². The summed E-state index contributed by atoms with van der Waals surface area (Å²) in [6.45, 7) is 16.1. The van der Waals surface area contributed by atoms with Crippen molar-refractivity contribution in [2.24, 2.45) is 0 Å². The van der Waals surface area contributed by atoms with E-state index in [4.69, 9.17) is 5.10 Å². The third-order valence-electron chi connectivity index (χ3n) is 5.59. The first-order valence-corrected chi connectivity index (χ1v) is 12.2. The van der Waals surface area contributed by atoms with Gasteiger partial charge in [-0.1, -0.05) is 50.3 Å². The van der Waals surface area contributed by atoms with E-state index in [2.05, 4.69) is 53.4 Å². The molecule has 36 heavy (non-hydrogen) atoms. The average molecular weight is 487 g/mol. The Balaban J connectivity index is 0.000000324. The lowest BCUT2D eigenvalue weighted by Gasteiger charge is -2.03. The normalized spacial score (nSPS) is 13.4. The summed E-state index contributed by atoms with van der Waals surface area (Å²) in [5, 5.41) is 20.9. The van der Waals surface area contributed by atoms with Gasteiger partial charge in [0, 0.05) is 27.7 Å². The Morgan fingerprint density at radius 1 is 1.22 bits per heavy atom. The van der Waals surface area contributed by atoms with Crippen LogP contribution in [-0.4, -0.2) is 26.4 Å². The number of carbonyl (C=O) groups excluding carboxylic acids is 1. The molecule has 0 unspecified atom stereocenters. The number of aromatic nitrogens is 4. The molecule has 2 aromatic heterocycles. The first-order valence-electron chi connectivity index (χ1n) is 12.2. The predicted molar refractivity (Wildman–Crippen MR) is 153 cm³/mol. The summed E-state index contributed by atoms with van der Waals surface area (Å²) < 4.78 is 1.93. The molecule has 3 rings (SSSR count). The largest absolute Gasteiger partial charge is 0.338 e. The van der Waals surface area contributed by atoms with Crippen LogP contribution in [0.1, 0.15) is 54.4 Å². The van der Waals surface area contributed by atoms with Gasteiger partial charge < -0.3 is 10.6 Å². The molecule has 1 aromatic carbocycles. The zero-order valence-electron chi connectivity index (χ0n) is 22.2. The van der Waals surface area contributed by atoms with Gasteiger partial charge >= 0.3 is 0 Å². The Bertz CT molecular complexity index is 1380. The molecule has 2 heterocycles. The number of aromatic amines is 1. The van der Waals surface area contributed by atoms with Crippen molar-refractivity contribution in [3.05, 3.63) is 77.1 Å². The Morgan fingerprint density at radius 3 is 2.61 bits per heavy atom. The fraction of sp³-hybridized carbons (Fsp3) is 0.276. The molecule has 0 radical (unpaired) electrons. The molecule has 3 N–H and O–H groups in total. The Morgan fingerprint density at radius 2 is 2.00 bits per heavy atom. The number of carbonyl (C=O) groups is 1. The van der Waals surface area contributed by atoms with E-state index < -0.39 is 0 Å². The number of H-pyrrole nitrogens is 1. The first kappa shape index (κ1) is 28.1. The van der Waals surface area contributed by atoms with Crippen LogP contribution in [0.5, 0.6) is 0 Å². The molecule has 7 nitrogen and oxygen atoms in total. The minimum absolute atomic E-state index is 0.709. The van der Waals surface area contributed by atoms with E-state index in [1.54, 1.807) is 6.08 Å². The molecule has 0 saturated carbocycles. The maximum atomic E-state index is 10.2. The Labute approximate surface area is 213 Å². The number of nitrogens with zero attached hydrogens (tertiary/aromatic N) is 3. The SMILES string of the molecule is C=C/C=c1\c(=C/C)c(Nc2ccc3[nH]ncc3c2)nn1/C(C)=C/C.CC/C=C(/C=C(\C)CC)NC=O. The summed E-state index contributed by atoms with van der Waals surface area (Å²) in [7, 11) is 0. The highest BCUT2D eigenvalue weighted by atomic mass is 16.1. The third-order valence-corrected chi connectivity index (χ3v) is 5.59. The smallest absolute Gasteiger partial charge is 0.211 e. The lowest BCUT2D eigenvalue weighted by molar-refractivity contribution is -0.108. The summed E-state index contributed by atoms with van der Waals surface area (Å²) in [6.07, 6.45) is 16.3. The van der Waals surface area contributed by atoms with Crippen molar-refractivity contribution in [3.63, 3.8) is 0 Å². The van der Waals surface area contributed by atoms with Crippen molar-refractivity contribution in [1.29, 1.82) is 0 Å². The Kier molecular flexibility index (Phi) is 11.2. The molecular formula is C29H38N6O. The van der Waals surface area contributed by atoms with Crippen LogP contribution in [0.4, 0.5) is 11.5 Å². The highest BCUT2D eigenvalue weighted by Crippen LogP contribution is 2.18. The highest BCUT2D eigenvalue weighted by Gasteiger charge is 2.08. The molecule has 0 aliphatic rings. The average Bonchev–Trinajstić information content (AvgIpc) is 3.48. The predicted octanol–water partition coefficient (Wildman–Crippen LogP) is 5.53. The maximum absolute atomic E-state index is 10.2. The monoisotopic (exact) mass is 486 g/mol. The molecule has 3 aromatic rings. The van der Waals surface area contributed by atoms with Crippen molar-refractivity contribution in [1.82, 2.24) is 25.3 Å². The van der Waals surface area contributed by atoms with Gasteiger partial charge in [0.05, 0.1) is 17.1 Å². The molecule has 0 atom stereocenters. The van der Waals surface area contributed by atoms with Crippen LogP contribution < -0.4 is 21.2 Å². The Hall–Kier alpha value is -4.13. The van der Waals surface area contributed by atoms with Crippen LogP contribution in [0.3, 0.4) is 0 Å². The summed E-state index contributed by atoms with van der Waals surface area (Å²) in [4.78, 5) is 10.2. The van der Waals surface area contributed by atoms with Crippen molar-refractivity contribution < 1.29 is 4.79 Å². The number of hydrogen-bond donors (Lipinski definition) is 3. The second kappa shape index (κ2) is 14.3. The van der Waals surface area contributed by atoms with Crippen molar-refractivity contribution >= 4 is 46.7 Å². The van der Waals surface area contributed by atoms with Gasteiger partial charge in [-0.3, -0.25) is 9.89 Å². The molecule has 0 bridgehead atoms. The number of amides is 1. The van der Waals surface area contributed by atoms with Crippen LogP contribution in [0.2, 0.25) is 0 Å². The van der Waals surface area contributed by atoms with Crippen molar-refractivity contribution in [3.8, 4) is 0 Å². The lowest BCUT2D eigenvalue weighted by atomic mass is 10.2. The minimum atomic E-state index is 0.709. The molecule has 7 heteroatoms. The number of hydrogen-bond acceptors (Lipinski definition) is 4. The number of allylic oxidation sites excluding steroid dienone is 6. The summed E-state index contributed by atoms with van der Waals surface area (Å²) in [6, 6.07) is 6.07. The standard InChI is InChI=1S/C19H21N5.C10H17NO/c1-5-8-18-16(7-3)19(23-24(18)13(4)6-2)21-15-9-10-17-14(11-15)12-20-22-17;1-4-6-10(11-8-12)7-9(3)5-2/h5-12H,1H2,2-4H3,(H,20,22)(H,21,23);6-8H,4-5H2,1-3H3,(H,11,12)/b13-6+,16-7+,18-8+;9-7+,10-6-. The summed E-state index contributed by atoms with van der Waals surface area (Å²) in [5.41, 5.74) is 5.21. The zero-order chi connectivity index (χ0) is 26.5. The lowest BCUT2D eigenvalue weighted by Crippen LogP contribution is -2.29. The van der Waals surface area contributed by atoms with E-state index in [1.807, 2.05) is 75.0 Å². The molecule has 190 valence electrons. The van der Waals surface area contributed by atoms with Gasteiger partial charge in [-0.05, 0) is 70.9 Å². The molecular weight excluding hydrogens is 448 g/mol. The van der Waals surface area contributed by atoms with E-state index in [1.165, 1.54) is 5.57 Å². The third kappa shape index (κ3) is 7.43. The van der Waals surface area contributed by atoms with Crippen LogP contribution in [0.15, 0.2) is 66.5 Å². The van der Waals surface area contributed by atoms with Gasteiger partial charge in [0.1, 0.15) is 0 Å². The fourth-order valence-corrected chi connectivity index (χ4v) is 3.46. The second-order valence-corrected chi connectivity index (χ2v) is 8.15. The fourth-order valence-electron chi connectivity index (χ4n) is 3.46. The maximum Gasteiger partial charge on any atom is 0.211 e. The van der Waals surface area contributed by atoms with Gasteiger partial charge in [0.2, 0.25) is 6.41 Å². The molecule has 0 aliphatic carbocycles. The first-order chi connectivity index (χ1) is 17.4. The van der Waals surface area contributed by atoms with Crippen LogP contribution >= 0.6 is 0 Å². The number of benzene rings is 1. The van der Waals surface area contributed by atoms with Crippen LogP contribution in [0, 0.1) is 0 Å². The van der Waals surface area contributed by atoms with E-state index in [0.29, 0.717) is 6.41 Å². The second-order valence-electron chi connectivity index (χ2n) is 8.15. The molecule has 0 fully saturated rings. The van der Waals surface area contributed by atoms with Gasteiger partial charge in [-0.2, -0.15) is 5.10 Å². The van der Waals surface area contributed by atoms with Gasteiger partial charge in [-0.25, -0.2) is 4.68 Å². The van der Waals surface area contributed by atoms with Crippen molar-refractivity contribution in [2.75, 3.05) is 5.32 Å².